The number of aliphatic carboxylic acids is 1. The first kappa shape index (κ1) is 21.0. The van der Waals surface area contributed by atoms with E-state index in [1.807, 2.05) is 6.92 Å². The van der Waals surface area contributed by atoms with E-state index >= 15 is 0 Å². The van der Waals surface area contributed by atoms with Gasteiger partial charge in [-0.2, -0.15) is 0 Å². The normalized spacial score (nSPS) is 13.0. The van der Waals surface area contributed by atoms with Crippen LogP contribution >= 0.6 is 0 Å². The Morgan fingerprint density at radius 1 is 1.38 bits per heavy atom. The van der Waals surface area contributed by atoms with Gasteiger partial charge in [-0.15, -0.1) is 0 Å². The van der Waals surface area contributed by atoms with Crippen LogP contribution in [-0.2, 0) is 14.4 Å². The van der Waals surface area contributed by atoms with Gasteiger partial charge in [-0.05, 0) is 25.0 Å². The number of nitrogens with one attached hydrogen (secondary N) is 3. The first-order valence-electron chi connectivity index (χ1n) is 8.08. The van der Waals surface area contributed by atoms with Gasteiger partial charge in [0, 0.05) is 24.9 Å². The summed E-state index contributed by atoms with van der Waals surface area (Å²) >= 11 is 0. The van der Waals surface area contributed by atoms with Crippen molar-refractivity contribution in [2.24, 2.45) is 10.8 Å². The molecule has 0 spiro atoms. The second-order valence-corrected chi connectivity index (χ2v) is 5.61. The molecular formula is C16H24N6O4. The first-order valence-corrected chi connectivity index (χ1v) is 8.08. The lowest BCUT2D eigenvalue weighted by Crippen LogP contribution is -2.39. The molecule has 0 aliphatic heterocycles. The summed E-state index contributed by atoms with van der Waals surface area (Å²) in [6.07, 6.45) is 4.82. The van der Waals surface area contributed by atoms with Gasteiger partial charge >= 0.3 is 5.97 Å². The highest BCUT2D eigenvalue weighted by molar-refractivity contribution is 5.85. The van der Waals surface area contributed by atoms with Gasteiger partial charge in [-0.3, -0.25) is 24.4 Å². The number of pyridine rings is 1. The van der Waals surface area contributed by atoms with Crippen LogP contribution in [0.4, 0.5) is 0 Å². The average molecular weight is 364 g/mol. The standard InChI is InChI=1S/C16H24N6O4/c1-11(20-10-21-17)4-5-14(23)19-9-15(24)22-13(7-16(25)26)12-3-2-6-18-8-12/h2-3,6,8,10-11,13H,4-5,7,9,17H2,1H3,(H,19,23)(H,20,21)(H,22,24)(H,25,26). The van der Waals surface area contributed by atoms with Gasteiger partial charge in [0.2, 0.25) is 11.8 Å². The molecule has 2 amide bonds. The highest BCUT2D eigenvalue weighted by Crippen LogP contribution is 2.15. The maximum atomic E-state index is 12.0. The minimum atomic E-state index is -1.05. The monoisotopic (exact) mass is 364 g/mol. The number of rotatable bonds is 11. The number of carbonyl (C=O) groups excluding carboxylic acids is 2. The van der Waals surface area contributed by atoms with E-state index in [1.54, 1.807) is 18.3 Å². The van der Waals surface area contributed by atoms with Crippen LogP contribution in [0.1, 0.15) is 37.8 Å². The van der Waals surface area contributed by atoms with Gasteiger partial charge in [0.15, 0.2) is 0 Å². The summed E-state index contributed by atoms with van der Waals surface area (Å²) in [5.74, 6) is 3.24. The Balaban J connectivity index is 2.44. The van der Waals surface area contributed by atoms with Crippen molar-refractivity contribution in [2.45, 2.75) is 38.3 Å². The van der Waals surface area contributed by atoms with Gasteiger partial charge in [0.25, 0.3) is 0 Å². The van der Waals surface area contributed by atoms with Crippen molar-refractivity contribution in [1.82, 2.24) is 21.0 Å². The van der Waals surface area contributed by atoms with Crippen LogP contribution in [0.3, 0.4) is 0 Å². The molecule has 1 rings (SSSR count). The highest BCUT2D eigenvalue weighted by atomic mass is 16.4. The van der Waals surface area contributed by atoms with E-state index in [-0.39, 0.29) is 31.3 Å². The number of nitrogens with two attached hydrogens (primary N) is 1. The number of hydrazine groups is 1. The molecule has 2 unspecified atom stereocenters. The molecule has 0 fully saturated rings. The third-order valence-corrected chi connectivity index (χ3v) is 3.44. The minimum Gasteiger partial charge on any atom is -0.481 e. The Morgan fingerprint density at radius 3 is 2.77 bits per heavy atom. The minimum absolute atomic E-state index is 0.0869. The van der Waals surface area contributed by atoms with Gasteiger partial charge in [0.1, 0.15) is 0 Å². The highest BCUT2D eigenvalue weighted by Gasteiger charge is 2.18. The molecule has 0 saturated carbocycles. The summed E-state index contributed by atoms with van der Waals surface area (Å²) in [5, 5.41) is 14.1. The summed E-state index contributed by atoms with van der Waals surface area (Å²) in [6.45, 7) is 1.59. The van der Waals surface area contributed by atoms with E-state index in [4.69, 9.17) is 10.9 Å². The lowest BCUT2D eigenvalue weighted by Gasteiger charge is -2.17. The lowest BCUT2D eigenvalue weighted by atomic mass is 10.1. The number of carboxylic acid groups (broad SMARTS) is 1. The quantitative estimate of drug-likeness (QED) is 0.153. The fraction of sp³-hybridized carbons (Fsp3) is 0.438. The Kier molecular flexibility index (Phi) is 9.33. The molecule has 0 saturated heterocycles. The zero-order valence-corrected chi connectivity index (χ0v) is 14.5. The molecular weight excluding hydrogens is 340 g/mol. The van der Waals surface area contributed by atoms with Crippen LogP contribution in [0.5, 0.6) is 0 Å². The molecule has 142 valence electrons. The average Bonchev–Trinajstić information content (AvgIpc) is 2.62. The van der Waals surface area contributed by atoms with Crippen molar-refractivity contribution in [3.05, 3.63) is 30.1 Å². The lowest BCUT2D eigenvalue weighted by molar-refractivity contribution is -0.138. The van der Waals surface area contributed by atoms with E-state index in [0.29, 0.717) is 12.0 Å². The van der Waals surface area contributed by atoms with Crippen molar-refractivity contribution >= 4 is 24.1 Å². The van der Waals surface area contributed by atoms with E-state index in [9.17, 15) is 14.4 Å². The fourth-order valence-electron chi connectivity index (χ4n) is 2.11. The molecule has 1 aromatic heterocycles. The molecule has 0 radical (unpaired) electrons. The van der Waals surface area contributed by atoms with Crippen LogP contribution in [0.2, 0.25) is 0 Å². The second-order valence-electron chi connectivity index (χ2n) is 5.61. The largest absolute Gasteiger partial charge is 0.481 e. The second kappa shape index (κ2) is 11.5. The Morgan fingerprint density at radius 2 is 2.15 bits per heavy atom. The van der Waals surface area contributed by atoms with Crippen LogP contribution in [-0.4, -0.2) is 46.8 Å². The number of aliphatic imine (C=N–C) groups is 1. The fourth-order valence-corrected chi connectivity index (χ4v) is 2.11. The molecule has 10 nitrogen and oxygen atoms in total. The topological polar surface area (TPSA) is 159 Å². The number of aromatic nitrogens is 1. The molecule has 1 aromatic rings. The number of carboxylic acids is 1. The van der Waals surface area contributed by atoms with Crippen LogP contribution in [0.15, 0.2) is 29.5 Å². The van der Waals surface area contributed by atoms with Crippen LogP contribution in [0, 0.1) is 0 Å². The summed E-state index contributed by atoms with van der Waals surface area (Å²) in [7, 11) is 0. The predicted molar refractivity (Wildman–Crippen MR) is 94.9 cm³/mol. The zero-order valence-electron chi connectivity index (χ0n) is 14.5. The molecule has 26 heavy (non-hydrogen) atoms. The molecule has 0 aliphatic rings. The number of amides is 2. The predicted octanol–water partition coefficient (Wildman–Crippen LogP) is -0.510. The molecule has 10 heteroatoms. The van der Waals surface area contributed by atoms with Gasteiger partial charge in [-0.25, -0.2) is 5.84 Å². The Labute approximate surface area is 151 Å². The maximum absolute atomic E-state index is 12.0. The number of nitrogens with zero attached hydrogens (tertiary/aromatic N) is 2. The molecule has 0 aliphatic carbocycles. The van der Waals surface area contributed by atoms with Crippen LogP contribution in [0.25, 0.3) is 0 Å². The van der Waals surface area contributed by atoms with E-state index < -0.39 is 17.9 Å². The molecule has 0 bridgehead atoms. The van der Waals surface area contributed by atoms with Crippen molar-refractivity contribution in [3.63, 3.8) is 0 Å². The third-order valence-electron chi connectivity index (χ3n) is 3.44. The van der Waals surface area contributed by atoms with Crippen molar-refractivity contribution in [2.75, 3.05) is 6.54 Å². The van der Waals surface area contributed by atoms with Crippen molar-refractivity contribution in [3.8, 4) is 0 Å². The summed E-state index contributed by atoms with van der Waals surface area (Å²) in [6, 6.07) is 2.53. The zero-order chi connectivity index (χ0) is 19.4. The van der Waals surface area contributed by atoms with E-state index in [1.165, 1.54) is 12.5 Å². The smallest absolute Gasteiger partial charge is 0.305 e. The Bertz CT molecular complexity index is 622. The first-order chi connectivity index (χ1) is 12.4. The molecule has 2 atom stereocenters. The van der Waals surface area contributed by atoms with E-state index in [0.717, 1.165) is 0 Å². The Hall–Kier alpha value is -3.01. The summed E-state index contributed by atoms with van der Waals surface area (Å²) in [5.41, 5.74) is 2.86. The van der Waals surface area contributed by atoms with Crippen LogP contribution < -0.4 is 21.9 Å². The maximum Gasteiger partial charge on any atom is 0.305 e. The number of hydrogen-bond acceptors (Lipinski definition) is 6. The molecule has 1 heterocycles. The molecule has 0 aromatic carbocycles. The summed E-state index contributed by atoms with van der Waals surface area (Å²) in [4.78, 5) is 42.7. The van der Waals surface area contributed by atoms with Gasteiger partial charge < -0.3 is 21.2 Å². The van der Waals surface area contributed by atoms with Gasteiger partial charge in [0.05, 0.1) is 25.3 Å². The van der Waals surface area contributed by atoms with Gasteiger partial charge in [-0.1, -0.05) is 6.07 Å². The SMILES string of the molecule is CC(CCC(=O)NCC(=O)NC(CC(=O)O)c1cccnc1)N=CNN. The molecule has 6 N–H and O–H groups in total. The van der Waals surface area contributed by atoms with E-state index in [2.05, 4.69) is 26.0 Å². The summed E-state index contributed by atoms with van der Waals surface area (Å²) < 4.78 is 0. The van der Waals surface area contributed by atoms with Crippen molar-refractivity contribution in [1.29, 1.82) is 0 Å². The number of hydrogen-bond donors (Lipinski definition) is 5. The van der Waals surface area contributed by atoms with Crippen molar-refractivity contribution < 1.29 is 19.5 Å². The number of carbonyl (C=O) groups is 3. The third kappa shape index (κ3) is 8.73.